The number of hydrogen-bond donors (Lipinski definition) is 2. The number of rotatable bonds is 11. The lowest BCUT2D eigenvalue weighted by Gasteiger charge is -2.10. The lowest BCUT2D eigenvalue weighted by molar-refractivity contribution is -0.116. The van der Waals surface area contributed by atoms with Crippen molar-refractivity contribution >= 4 is 23.2 Å². The number of nitrogens with one attached hydrogen (secondary N) is 2. The lowest BCUT2D eigenvalue weighted by Crippen LogP contribution is -2.14. The Hall–Kier alpha value is -3.64. The SMILES string of the molecule is CCOCCOc1cccc(C(=O)Nc2cccc(NC(=O)CCc3ccccc3)c2)c1. The van der Waals surface area contributed by atoms with E-state index in [2.05, 4.69) is 10.6 Å². The first-order chi connectivity index (χ1) is 15.6. The minimum absolute atomic E-state index is 0.0748. The van der Waals surface area contributed by atoms with Crippen molar-refractivity contribution in [2.75, 3.05) is 30.5 Å². The molecule has 0 aromatic heterocycles. The first kappa shape index (κ1) is 23.0. The Balaban J connectivity index is 1.53. The van der Waals surface area contributed by atoms with E-state index in [9.17, 15) is 9.59 Å². The quantitative estimate of drug-likeness (QED) is 0.422. The smallest absolute Gasteiger partial charge is 0.255 e. The van der Waals surface area contributed by atoms with Crippen molar-refractivity contribution in [2.24, 2.45) is 0 Å². The normalized spacial score (nSPS) is 10.4. The highest BCUT2D eigenvalue weighted by Crippen LogP contribution is 2.18. The second-order valence-corrected chi connectivity index (χ2v) is 7.14. The highest BCUT2D eigenvalue weighted by atomic mass is 16.5. The summed E-state index contributed by atoms with van der Waals surface area (Å²) in [5.41, 5.74) is 2.83. The van der Waals surface area contributed by atoms with Crippen LogP contribution in [-0.4, -0.2) is 31.6 Å². The number of ether oxygens (including phenoxy) is 2. The number of anilines is 2. The molecule has 3 aromatic rings. The van der Waals surface area contributed by atoms with Gasteiger partial charge < -0.3 is 20.1 Å². The Kier molecular flexibility index (Phi) is 8.83. The van der Waals surface area contributed by atoms with Crippen molar-refractivity contribution < 1.29 is 19.1 Å². The van der Waals surface area contributed by atoms with Crippen LogP contribution in [0.25, 0.3) is 0 Å². The van der Waals surface area contributed by atoms with Gasteiger partial charge in [0.2, 0.25) is 5.91 Å². The number of aryl methyl sites for hydroxylation is 1. The maximum absolute atomic E-state index is 12.7. The molecule has 0 spiro atoms. The molecule has 32 heavy (non-hydrogen) atoms. The van der Waals surface area contributed by atoms with Gasteiger partial charge in [-0.3, -0.25) is 9.59 Å². The molecule has 3 rings (SSSR count). The summed E-state index contributed by atoms with van der Waals surface area (Å²) in [6.45, 7) is 3.48. The molecule has 6 heteroatoms. The average molecular weight is 433 g/mol. The maximum Gasteiger partial charge on any atom is 0.255 e. The van der Waals surface area contributed by atoms with Gasteiger partial charge >= 0.3 is 0 Å². The van der Waals surface area contributed by atoms with Gasteiger partial charge in [-0.1, -0.05) is 42.5 Å². The van der Waals surface area contributed by atoms with E-state index in [4.69, 9.17) is 9.47 Å². The van der Waals surface area contributed by atoms with Gasteiger partial charge in [0.1, 0.15) is 12.4 Å². The summed E-state index contributed by atoms with van der Waals surface area (Å²) in [6.07, 6.45) is 1.06. The van der Waals surface area contributed by atoms with E-state index in [-0.39, 0.29) is 11.8 Å². The molecule has 0 radical (unpaired) electrons. The van der Waals surface area contributed by atoms with Crippen LogP contribution in [0.3, 0.4) is 0 Å². The fourth-order valence-electron chi connectivity index (χ4n) is 3.09. The molecule has 0 bridgehead atoms. The highest BCUT2D eigenvalue weighted by molar-refractivity contribution is 6.05. The van der Waals surface area contributed by atoms with Crippen LogP contribution < -0.4 is 15.4 Å². The van der Waals surface area contributed by atoms with Crippen LogP contribution in [0.2, 0.25) is 0 Å². The zero-order chi connectivity index (χ0) is 22.6. The number of amides is 2. The summed E-state index contributed by atoms with van der Waals surface area (Å²) in [7, 11) is 0. The van der Waals surface area contributed by atoms with Crippen LogP contribution >= 0.6 is 0 Å². The maximum atomic E-state index is 12.7. The van der Waals surface area contributed by atoms with Crippen molar-refractivity contribution in [3.05, 3.63) is 90.0 Å². The zero-order valence-corrected chi connectivity index (χ0v) is 18.2. The van der Waals surface area contributed by atoms with Crippen molar-refractivity contribution in [3.63, 3.8) is 0 Å². The van der Waals surface area contributed by atoms with Crippen molar-refractivity contribution in [1.29, 1.82) is 0 Å². The van der Waals surface area contributed by atoms with E-state index in [1.165, 1.54) is 0 Å². The van der Waals surface area contributed by atoms with Gasteiger partial charge in [-0.2, -0.15) is 0 Å². The molecular weight excluding hydrogens is 404 g/mol. The molecule has 166 valence electrons. The fourth-order valence-corrected chi connectivity index (χ4v) is 3.09. The third-order valence-corrected chi connectivity index (χ3v) is 4.68. The molecule has 0 unspecified atom stereocenters. The first-order valence-electron chi connectivity index (χ1n) is 10.7. The molecule has 0 saturated heterocycles. The Labute approximate surface area is 188 Å². The van der Waals surface area contributed by atoms with E-state index in [0.717, 1.165) is 5.56 Å². The standard InChI is InChI=1S/C26H28N2O4/c1-2-31-16-17-32-24-13-6-10-21(18-24)26(30)28-23-12-7-11-22(19-23)27-25(29)15-14-20-8-4-3-5-9-20/h3-13,18-19H,2,14-17H2,1H3,(H,27,29)(H,28,30). The van der Waals surface area contributed by atoms with Crippen LogP contribution in [0.4, 0.5) is 11.4 Å². The van der Waals surface area contributed by atoms with Gasteiger partial charge in [-0.15, -0.1) is 0 Å². The minimum Gasteiger partial charge on any atom is -0.491 e. The Morgan fingerprint density at radius 2 is 1.56 bits per heavy atom. The summed E-state index contributed by atoms with van der Waals surface area (Å²) < 4.78 is 10.9. The minimum atomic E-state index is -0.257. The van der Waals surface area contributed by atoms with E-state index in [1.807, 2.05) is 37.3 Å². The Bertz CT molecular complexity index is 1020. The second-order valence-electron chi connectivity index (χ2n) is 7.14. The Morgan fingerprint density at radius 1 is 0.812 bits per heavy atom. The van der Waals surface area contributed by atoms with Gasteiger partial charge in [0, 0.05) is 30.0 Å². The molecule has 0 aliphatic rings. The Morgan fingerprint density at radius 3 is 2.34 bits per heavy atom. The number of carbonyl (C=O) groups excluding carboxylic acids is 2. The summed E-state index contributed by atoms with van der Waals surface area (Å²) in [6, 6.07) is 24.0. The number of carbonyl (C=O) groups is 2. The predicted octanol–water partition coefficient (Wildman–Crippen LogP) is 4.93. The number of hydrogen-bond acceptors (Lipinski definition) is 4. The van der Waals surface area contributed by atoms with Gasteiger partial charge in [0.15, 0.2) is 0 Å². The van der Waals surface area contributed by atoms with Gasteiger partial charge in [0.05, 0.1) is 6.61 Å². The largest absolute Gasteiger partial charge is 0.491 e. The molecule has 0 aliphatic heterocycles. The monoisotopic (exact) mass is 432 g/mol. The molecule has 0 heterocycles. The van der Waals surface area contributed by atoms with Crippen LogP contribution in [0.15, 0.2) is 78.9 Å². The van der Waals surface area contributed by atoms with Crippen molar-refractivity contribution in [3.8, 4) is 5.75 Å². The summed E-state index contributed by atoms with van der Waals surface area (Å²) in [4.78, 5) is 24.9. The van der Waals surface area contributed by atoms with Crippen LogP contribution in [0.5, 0.6) is 5.75 Å². The molecule has 6 nitrogen and oxygen atoms in total. The molecule has 0 fully saturated rings. The molecule has 0 atom stereocenters. The van der Waals surface area contributed by atoms with E-state index < -0.39 is 0 Å². The molecule has 0 aliphatic carbocycles. The third kappa shape index (κ3) is 7.56. The topological polar surface area (TPSA) is 76.7 Å². The first-order valence-corrected chi connectivity index (χ1v) is 10.7. The summed E-state index contributed by atoms with van der Waals surface area (Å²) in [5.74, 6) is 0.277. The third-order valence-electron chi connectivity index (χ3n) is 4.68. The molecule has 3 aromatic carbocycles. The second kappa shape index (κ2) is 12.3. The van der Waals surface area contributed by atoms with E-state index in [1.54, 1.807) is 48.5 Å². The molecule has 2 N–H and O–H groups in total. The van der Waals surface area contributed by atoms with Crippen LogP contribution in [0, 0.1) is 0 Å². The van der Waals surface area contributed by atoms with Crippen LogP contribution in [-0.2, 0) is 16.0 Å². The lowest BCUT2D eigenvalue weighted by atomic mass is 10.1. The van der Waals surface area contributed by atoms with Crippen molar-refractivity contribution in [2.45, 2.75) is 19.8 Å². The summed E-state index contributed by atoms with van der Waals surface area (Å²) in [5, 5.41) is 5.75. The highest BCUT2D eigenvalue weighted by Gasteiger charge is 2.09. The van der Waals surface area contributed by atoms with Gasteiger partial charge in [-0.25, -0.2) is 0 Å². The summed E-state index contributed by atoms with van der Waals surface area (Å²) >= 11 is 0. The fraction of sp³-hybridized carbons (Fsp3) is 0.231. The van der Waals surface area contributed by atoms with Gasteiger partial charge in [0.25, 0.3) is 5.91 Å². The zero-order valence-electron chi connectivity index (χ0n) is 18.2. The van der Waals surface area contributed by atoms with Gasteiger partial charge in [-0.05, 0) is 55.3 Å². The molecule has 2 amide bonds. The predicted molar refractivity (Wildman–Crippen MR) is 126 cm³/mol. The van der Waals surface area contributed by atoms with Crippen LogP contribution in [0.1, 0.15) is 29.3 Å². The van der Waals surface area contributed by atoms with E-state index in [0.29, 0.717) is 55.4 Å². The molecule has 0 saturated carbocycles. The van der Waals surface area contributed by atoms with Crippen molar-refractivity contribution in [1.82, 2.24) is 0 Å². The number of benzene rings is 3. The average Bonchev–Trinajstić information content (AvgIpc) is 2.82. The van der Waals surface area contributed by atoms with E-state index >= 15 is 0 Å². The molecular formula is C26H28N2O4.